The number of rotatable bonds is 0. The molecule has 0 aromatic carbocycles. The van der Waals surface area contributed by atoms with Gasteiger partial charge in [-0.15, -0.1) is 0 Å². The molecule has 4 atom stereocenters. The van der Waals surface area contributed by atoms with Crippen molar-refractivity contribution in [3.63, 3.8) is 0 Å². The summed E-state index contributed by atoms with van der Waals surface area (Å²) in [7, 11) is 0. The highest BCUT2D eigenvalue weighted by atomic mass is 16.3. The molecule has 2 rings (SSSR count). The van der Waals surface area contributed by atoms with E-state index in [-0.39, 0.29) is 16.7 Å². The molecule has 0 spiro atoms. The van der Waals surface area contributed by atoms with Gasteiger partial charge in [0.1, 0.15) is 0 Å². The molecule has 2 heteroatoms. The minimum atomic E-state index is -0.903. The molecule has 2 aliphatic carbocycles. The zero-order valence-electron chi connectivity index (χ0n) is 8.96. The molecule has 0 aliphatic heterocycles. The highest BCUT2D eigenvalue weighted by molar-refractivity contribution is 5.20. The van der Waals surface area contributed by atoms with Crippen LogP contribution in [0.15, 0.2) is 0 Å². The van der Waals surface area contributed by atoms with Crippen LogP contribution in [0.5, 0.6) is 0 Å². The van der Waals surface area contributed by atoms with E-state index in [2.05, 4.69) is 20.8 Å². The summed E-state index contributed by atoms with van der Waals surface area (Å²) < 4.78 is 0. The van der Waals surface area contributed by atoms with Gasteiger partial charge in [0.2, 0.25) is 0 Å². The van der Waals surface area contributed by atoms with E-state index in [1.54, 1.807) is 6.92 Å². The van der Waals surface area contributed by atoms with Crippen molar-refractivity contribution >= 4 is 0 Å². The molecule has 2 nitrogen and oxygen atoms in total. The first-order valence-corrected chi connectivity index (χ1v) is 5.15. The van der Waals surface area contributed by atoms with Crippen LogP contribution in [0.3, 0.4) is 0 Å². The van der Waals surface area contributed by atoms with Crippen molar-refractivity contribution in [2.75, 3.05) is 0 Å². The van der Waals surface area contributed by atoms with Gasteiger partial charge in [0.25, 0.3) is 0 Å². The molecular formula is C11H20O2. The Morgan fingerprint density at radius 3 is 1.92 bits per heavy atom. The molecule has 2 N–H and O–H groups in total. The zero-order valence-corrected chi connectivity index (χ0v) is 8.96. The summed E-state index contributed by atoms with van der Waals surface area (Å²) >= 11 is 0. The summed E-state index contributed by atoms with van der Waals surface area (Å²) in [6.45, 7) is 8.26. The molecule has 0 saturated heterocycles. The van der Waals surface area contributed by atoms with Gasteiger partial charge in [0, 0.05) is 5.41 Å². The van der Waals surface area contributed by atoms with Crippen molar-refractivity contribution in [1.29, 1.82) is 0 Å². The Balaban J connectivity index is 2.53. The van der Waals surface area contributed by atoms with Gasteiger partial charge in [-0.25, -0.2) is 0 Å². The van der Waals surface area contributed by atoms with Gasteiger partial charge in [-0.1, -0.05) is 20.8 Å². The van der Waals surface area contributed by atoms with E-state index < -0.39 is 11.7 Å². The number of aliphatic hydroxyl groups excluding tert-OH is 1. The minimum Gasteiger partial charge on any atom is -0.390 e. The minimum absolute atomic E-state index is 0.0654. The van der Waals surface area contributed by atoms with Gasteiger partial charge in [-0.2, -0.15) is 0 Å². The van der Waals surface area contributed by atoms with E-state index in [0.717, 1.165) is 12.8 Å². The molecule has 2 aliphatic rings. The molecule has 13 heavy (non-hydrogen) atoms. The normalized spacial score (nSPS) is 58.6. The van der Waals surface area contributed by atoms with Gasteiger partial charge in [-0.3, -0.25) is 0 Å². The fraction of sp³-hybridized carbons (Fsp3) is 1.00. The number of hydrogen-bond acceptors (Lipinski definition) is 2. The summed E-state index contributed by atoms with van der Waals surface area (Å²) in [5.41, 5.74) is -0.959. The van der Waals surface area contributed by atoms with E-state index in [9.17, 15) is 10.2 Å². The van der Waals surface area contributed by atoms with Gasteiger partial charge in [-0.05, 0) is 31.1 Å². The van der Waals surface area contributed by atoms with Crippen LogP contribution in [-0.4, -0.2) is 21.9 Å². The Hall–Kier alpha value is -0.0800. The molecule has 0 unspecified atom stereocenters. The SMILES string of the molecule is CC1(C)[C@H]2CC[C@@]1(C)[C@](C)(O)[C@@H]2O. The van der Waals surface area contributed by atoms with Crippen molar-refractivity contribution in [1.82, 2.24) is 0 Å². The lowest BCUT2D eigenvalue weighted by Gasteiger charge is -2.44. The molecule has 2 saturated carbocycles. The Kier molecular flexibility index (Phi) is 1.54. The third kappa shape index (κ3) is 0.736. The van der Waals surface area contributed by atoms with E-state index >= 15 is 0 Å². The van der Waals surface area contributed by atoms with Crippen molar-refractivity contribution in [3.8, 4) is 0 Å². The second-order valence-electron chi connectivity index (χ2n) is 5.79. The molecule has 2 bridgehead atoms. The van der Waals surface area contributed by atoms with E-state index in [1.807, 2.05) is 0 Å². The van der Waals surface area contributed by atoms with Gasteiger partial charge >= 0.3 is 0 Å². The largest absolute Gasteiger partial charge is 0.390 e. The average Bonchev–Trinajstić information content (AvgIpc) is 2.26. The second kappa shape index (κ2) is 2.12. The predicted molar refractivity (Wildman–Crippen MR) is 51.2 cm³/mol. The van der Waals surface area contributed by atoms with Crippen molar-refractivity contribution < 1.29 is 10.2 Å². The number of fused-ring (bicyclic) bond motifs is 2. The lowest BCUT2D eigenvalue weighted by Crippen LogP contribution is -2.51. The summed E-state index contributed by atoms with van der Waals surface area (Å²) in [5, 5.41) is 20.3. The van der Waals surface area contributed by atoms with Crippen molar-refractivity contribution in [3.05, 3.63) is 0 Å². The second-order valence-corrected chi connectivity index (χ2v) is 5.79. The third-order valence-electron chi connectivity index (χ3n) is 5.38. The molecule has 0 aromatic heterocycles. The summed E-state index contributed by atoms with van der Waals surface area (Å²) in [6.07, 6.45) is 1.55. The summed E-state index contributed by atoms with van der Waals surface area (Å²) in [5.74, 6) is 0.271. The van der Waals surface area contributed by atoms with E-state index in [1.165, 1.54) is 0 Å². The highest BCUT2D eigenvalue weighted by Crippen LogP contribution is 2.69. The van der Waals surface area contributed by atoms with Crippen LogP contribution in [-0.2, 0) is 0 Å². The standard InChI is InChI=1S/C11H20O2/c1-9(2)7-5-6-10(9,3)11(4,13)8(7)12/h7-8,12-13H,5-6H2,1-4H3/t7-,8+,10+,11+/m0/s1. The monoisotopic (exact) mass is 184 g/mol. The van der Waals surface area contributed by atoms with Crippen LogP contribution in [0.4, 0.5) is 0 Å². The maximum Gasteiger partial charge on any atom is 0.0938 e. The molecule has 0 heterocycles. The van der Waals surface area contributed by atoms with Crippen LogP contribution in [0.2, 0.25) is 0 Å². The first-order valence-electron chi connectivity index (χ1n) is 5.15. The molecule has 2 fully saturated rings. The van der Waals surface area contributed by atoms with E-state index in [4.69, 9.17) is 0 Å². The number of hydrogen-bond donors (Lipinski definition) is 2. The van der Waals surface area contributed by atoms with Crippen LogP contribution in [0, 0.1) is 16.7 Å². The lowest BCUT2D eigenvalue weighted by atomic mass is 9.65. The smallest absolute Gasteiger partial charge is 0.0938 e. The van der Waals surface area contributed by atoms with Crippen LogP contribution < -0.4 is 0 Å². The Bertz CT molecular complexity index is 234. The van der Waals surface area contributed by atoms with Gasteiger partial charge in [0.15, 0.2) is 0 Å². The first-order chi connectivity index (χ1) is 5.75. The average molecular weight is 184 g/mol. The van der Waals surface area contributed by atoms with Crippen LogP contribution in [0.1, 0.15) is 40.5 Å². The quantitative estimate of drug-likeness (QED) is 0.599. The summed E-state index contributed by atoms with van der Waals surface area (Å²) in [4.78, 5) is 0. The van der Waals surface area contributed by atoms with Crippen molar-refractivity contribution in [2.45, 2.75) is 52.2 Å². The maximum absolute atomic E-state index is 10.3. The Labute approximate surface area is 80.0 Å². The molecular weight excluding hydrogens is 164 g/mol. The molecule has 0 aromatic rings. The third-order valence-corrected chi connectivity index (χ3v) is 5.38. The molecule has 76 valence electrons. The molecule has 0 radical (unpaired) electrons. The lowest BCUT2D eigenvalue weighted by molar-refractivity contribution is -0.134. The summed E-state index contributed by atoms with van der Waals surface area (Å²) in [6, 6.07) is 0. The van der Waals surface area contributed by atoms with Gasteiger partial charge in [0.05, 0.1) is 11.7 Å². The van der Waals surface area contributed by atoms with Gasteiger partial charge < -0.3 is 10.2 Å². The Morgan fingerprint density at radius 2 is 1.69 bits per heavy atom. The van der Waals surface area contributed by atoms with Crippen LogP contribution >= 0.6 is 0 Å². The zero-order chi connectivity index (χ0) is 10.1. The predicted octanol–water partition coefficient (Wildman–Crippen LogP) is 1.55. The molecule has 0 amide bonds. The van der Waals surface area contributed by atoms with Crippen molar-refractivity contribution in [2.24, 2.45) is 16.7 Å². The Morgan fingerprint density at radius 1 is 1.15 bits per heavy atom. The fourth-order valence-corrected chi connectivity index (χ4v) is 3.71. The fourth-order valence-electron chi connectivity index (χ4n) is 3.71. The van der Waals surface area contributed by atoms with E-state index in [0.29, 0.717) is 0 Å². The topological polar surface area (TPSA) is 40.5 Å². The van der Waals surface area contributed by atoms with Crippen LogP contribution in [0.25, 0.3) is 0 Å². The number of aliphatic hydroxyl groups is 2. The first kappa shape index (κ1) is 9.47. The highest BCUT2D eigenvalue weighted by Gasteiger charge is 2.71. The maximum atomic E-state index is 10.3.